The lowest BCUT2D eigenvalue weighted by Gasteiger charge is -2.19. The van der Waals surface area contributed by atoms with Crippen LogP contribution < -0.4 is 15.4 Å². The smallest absolute Gasteiger partial charge is 0.303 e. The van der Waals surface area contributed by atoms with Crippen molar-refractivity contribution in [1.29, 1.82) is 0 Å². The minimum Gasteiger partial charge on any atom is -0.497 e. The molecule has 0 fully saturated rings. The molecule has 1 atom stereocenters. The zero-order chi connectivity index (χ0) is 19.8. The summed E-state index contributed by atoms with van der Waals surface area (Å²) in [6, 6.07) is 12.1. The number of aliphatic carboxylic acids is 1. The summed E-state index contributed by atoms with van der Waals surface area (Å²) in [6.07, 6.45) is 0.612. The fourth-order valence-corrected chi connectivity index (χ4v) is 2.74. The standard InChI is InChI=1S/C20H23ClN2O4/c1-13(24)20(14-5-7-15(21)8-6-14)23-17-10-16(11-18(12-17)27-2)22-9-3-4-19(25)26/h5-8,10-12,20,22-23H,3-4,9H2,1-2H3,(H,25,26). The quantitative estimate of drug-likeness (QED) is 0.522. The van der Waals surface area contributed by atoms with Crippen molar-refractivity contribution in [3.63, 3.8) is 0 Å². The second kappa shape index (κ2) is 9.83. The van der Waals surface area contributed by atoms with E-state index in [1.165, 1.54) is 6.92 Å². The summed E-state index contributed by atoms with van der Waals surface area (Å²) >= 11 is 5.93. The van der Waals surface area contributed by atoms with Crippen LogP contribution in [0.4, 0.5) is 11.4 Å². The maximum absolute atomic E-state index is 12.1. The predicted octanol–water partition coefficient (Wildman–Crippen LogP) is 4.37. The lowest BCUT2D eigenvalue weighted by molar-refractivity contribution is -0.137. The Bertz CT molecular complexity index is 793. The van der Waals surface area contributed by atoms with E-state index in [1.807, 2.05) is 24.3 Å². The number of benzene rings is 2. The van der Waals surface area contributed by atoms with Gasteiger partial charge in [0.25, 0.3) is 0 Å². The summed E-state index contributed by atoms with van der Waals surface area (Å²) in [5, 5.41) is 15.7. The van der Waals surface area contributed by atoms with Gasteiger partial charge in [0.05, 0.1) is 7.11 Å². The van der Waals surface area contributed by atoms with Crippen LogP contribution in [0.1, 0.15) is 31.4 Å². The molecule has 0 radical (unpaired) electrons. The third-order valence-electron chi connectivity index (χ3n) is 3.96. The highest BCUT2D eigenvalue weighted by molar-refractivity contribution is 6.30. The highest BCUT2D eigenvalue weighted by atomic mass is 35.5. The molecule has 2 rings (SSSR count). The van der Waals surface area contributed by atoms with Gasteiger partial charge in [-0.05, 0) is 37.1 Å². The van der Waals surface area contributed by atoms with Crippen LogP contribution in [0, 0.1) is 0 Å². The number of ether oxygens (including phenoxy) is 1. The lowest BCUT2D eigenvalue weighted by atomic mass is 10.0. The molecule has 0 heterocycles. The van der Waals surface area contributed by atoms with Crippen LogP contribution in [0.3, 0.4) is 0 Å². The molecule has 0 aliphatic heterocycles. The largest absolute Gasteiger partial charge is 0.497 e. The number of halogens is 1. The van der Waals surface area contributed by atoms with Crippen molar-refractivity contribution in [3.05, 3.63) is 53.1 Å². The third kappa shape index (κ3) is 6.49. The highest BCUT2D eigenvalue weighted by Crippen LogP contribution is 2.28. The fourth-order valence-electron chi connectivity index (χ4n) is 2.62. The molecule has 6 nitrogen and oxygen atoms in total. The summed E-state index contributed by atoms with van der Waals surface area (Å²) in [6.45, 7) is 2.05. The monoisotopic (exact) mass is 390 g/mol. The number of anilines is 2. The molecular formula is C20H23ClN2O4. The Morgan fingerprint density at radius 2 is 1.81 bits per heavy atom. The summed E-state index contributed by atoms with van der Waals surface area (Å²) in [7, 11) is 1.56. The van der Waals surface area contributed by atoms with E-state index < -0.39 is 12.0 Å². The van der Waals surface area contributed by atoms with E-state index in [2.05, 4.69) is 10.6 Å². The van der Waals surface area contributed by atoms with Crippen molar-refractivity contribution in [2.45, 2.75) is 25.8 Å². The molecule has 3 N–H and O–H groups in total. The van der Waals surface area contributed by atoms with E-state index in [-0.39, 0.29) is 12.2 Å². The first-order chi connectivity index (χ1) is 12.9. The topological polar surface area (TPSA) is 87.7 Å². The number of nitrogens with one attached hydrogen (secondary N) is 2. The van der Waals surface area contributed by atoms with E-state index in [4.69, 9.17) is 21.4 Å². The van der Waals surface area contributed by atoms with Gasteiger partial charge in [0.1, 0.15) is 11.8 Å². The van der Waals surface area contributed by atoms with Gasteiger partial charge in [0.15, 0.2) is 5.78 Å². The molecule has 0 aromatic heterocycles. The van der Waals surface area contributed by atoms with Crippen LogP contribution in [-0.4, -0.2) is 30.5 Å². The molecule has 2 aromatic rings. The Kier molecular flexibility index (Phi) is 7.49. The first-order valence-corrected chi connectivity index (χ1v) is 8.94. The average Bonchev–Trinajstić information content (AvgIpc) is 2.63. The van der Waals surface area contributed by atoms with Crippen LogP contribution in [0.5, 0.6) is 5.75 Å². The van der Waals surface area contributed by atoms with E-state index in [1.54, 1.807) is 25.3 Å². The van der Waals surface area contributed by atoms with E-state index in [0.717, 1.165) is 11.3 Å². The van der Waals surface area contributed by atoms with Crippen LogP contribution in [-0.2, 0) is 9.59 Å². The molecule has 1 unspecified atom stereocenters. The van der Waals surface area contributed by atoms with Crippen molar-refractivity contribution in [2.24, 2.45) is 0 Å². The molecule has 2 aromatic carbocycles. The Morgan fingerprint density at radius 3 is 2.41 bits per heavy atom. The Labute approximate surface area is 163 Å². The maximum Gasteiger partial charge on any atom is 0.303 e. The summed E-state index contributed by atoms with van der Waals surface area (Å²) in [4.78, 5) is 22.8. The van der Waals surface area contributed by atoms with Crippen molar-refractivity contribution in [3.8, 4) is 5.75 Å². The normalized spacial score (nSPS) is 11.5. The number of hydrogen-bond acceptors (Lipinski definition) is 5. The number of ketones is 1. The number of methoxy groups -OCH3 is 1. The molecule has 7 heteroatoms. The van der Waals surface area contributed by atoms with Gasteiger partial charge in [-0.1, -0.05) is 23.7 Å². The Morgan fingerprint density at radius 1 is 1.15 bits per heavy atom. The molecule has 0 saturated heterocycles. The third-order valence-corrected chi connectivity index (χ3v) is 4.21. The molecular weight excluding hydrogens is 368 g/mol. The molecule has 0 saturated carbocycles. The van der Waals surface area contributed by atoms with Crippen molar-refractivity contribution in [1.82, 2.24) is 0 Å². The predicted molar refractivity (Wildman–Crippen MR) is 107 cm³/mol. The van der Waals surface area contributed by atoms with Crippen molar-refractivity contribution >= 4 is 34.7 Å². The zero-order valence-corrected chi connectivity index (χ0v) is 16.0. The first kappa shape index (κ1) is 20.6. The van der Waals surface area contributed by atoms with Gasteiger partial charge in [0, 0.05) is 41.5 Å². The first-order valence-electron chi connectivity index (χ1n) is 8.56. The number of rotatable bonds is 10. The number of carbonyl (C=O) groups is 2. The lowest BCUT2D eigenvalue weighted by Crippen LogP contribution is -2.18. The van der Waals surface area contributed by atoms with Crippen LogP contribution in [0.15, 0.2) is 42.5 Å². The van der Waals surface area contributed by atoms with Gasteiger partial charge >= 0.3 is 5.97 Å². The molecule has 0 bridgehead atoms. The Hall–Kier alpha value is -2.73. The Balaban J connectivity index is 2.17. The molecule has 0 spiro atoms. The van der Waals surface area contributed by atoms with Crippen LogP contribution in [0.2, 0.25) is 5.02 Å². The summed E-state index contributed by atoms with van der Waals surface area (Å²) < 4.78 is 5.33. The SMILES string of the molecule is COc1cc(NCCCC(=O)O)cc(NC(C(C)=O)c2ccc(Cl)cc2)c1. The van der Waals surface area contributed by atoms with Crippen LogP contribution in [0.25, 0.3) is 0 Å². The second-order valence-electron chi connectivity index (χ2n) is 6.11. The maximum atomic E-state index is 12.1. The number of carboxylic acid groups (broad SMARTS) is 1. The summed E-state index contributed by atoms with van der Waals surface area (Å²) in [5.74, 6) is -0.229. The second-order valence-corrected chi connectivity index (χ2v) is 6.55. The molecule has 0 aliphatic rings. The molecule has 0 aliphatic carbocycles. The van der Waals surface area contributed by atoms with E-state index in [9.17, 15) is 9.59 Å². The number of Topliss-reactive ketones (excluding diaryl/α,β-unsaturated/α-hetero) is 1. The minimum atomic E-state index is -0.822. The van der Waals surface area contributed by atoms with E-state index >= 15 is 0 Å². The average molecular weight is 391 g/mol. The zero-order valence-electron chi connectivity index (χ0n) is 15.3. The number of hydrogen-bond donors (Lipinski definition) is 3. The van der Waals surface area contributed by atoms with E-state index in [0.29, 0.717) is 29.4 Å². The van der Waals surface area contributed by atoms with Gasteiger partial charge < -0.3 is 20.5 Å². The minimum absolute atomic E-state index is 0.0314. The van der Waals surface area contributed by atoms with Crippen molar-refractivity contribution in [2.75, 3.05) is 24.3 Å². The fraction of sp³-hybridized carbons (Fsp3) is 0.300. The van der Waals surface area contributed by atoms with Gasteiger partial charge in [-0.2, -0.15) is 0 Å². The van der Waals surface area contributed by atoms with Gasteiger partial charge in [-0.3, -0.25) is 9.59 Å². The molecule has 0 amide bonds. The summed E-state index contributed by atoms with van der Waals surface area (Å²) in [5.41, 5.74) is 2.30. The van der Waals surface area contributed by atoms with Gasteiger partial charge in [-0.25, -0.2) is 0 Å². The van der Waals surface area contributed by atoms with Crippen LogP contribution >= 0.6 is 11.6 Å². The number of carbonyl (C=O) groups excluding carboxylic acids is 1. The molecule has 144 valence electrons. The highest BCUT2D eigenvalue weighted by Gasteiger charge is 2.17. The molecule has 27 heavy (non-hydrogen) atoms. The van der Waals surface area contributed by atoms with Gasteiger partial charge in [-0.15, -0.1) is 0 Å². The van der Waals surface area contributed by atoms with Crippen molar-refractivity contribution < 1.29 is 19.4 Å². The number of carboxylic acids is 1. The van der Waals surface area contributed by atoms with Gasteiger partial charge in [0.2, 0.25) is 0 Å².